The summed E-state index contributed by atoms with van der Waals surface area (Å²) in [5, 5.41) is 7.65. The van der Waals surface area contributed by atoms with Gasteiger partial charge < -0.3 is 4.98 Å². The molecule has 17 heavy (non-hydrogen) atoms. The van der Waals surface area contributed by atoms with Gasteiger partial charge in [0.15, 0.2) is 5.82 Å². The van der Waals surface area contributed by atoms with E-state index in [0.29, 0.717) is 0 Å². The van der Waals surface area contributed by atoms with E-state index >= 15 is 0 Å². The number of nitrogens with one attached hydrogen (secondary N) is 1. The lowest BCUT2D eigenvalue weighted by atomic mass is 10.3. The molecule has 0 aromatic carbocycles. The topological polar surface area (TPSA) is 72.3 Å². The second-order valence-corrected chi connectivity index (χ2v) is 4.32. The number of aromatic nitrogens is 6. The van der Waals surface area contributed by atoms with Crippen molar-refractivity contribution >= 4 is 22.6 Å². The van der Waals surface area contributed by atoms with E-state index in [2.05, 4.69) is 47.9 Å². The lowest BCUT2D eigenvalue weighted by Crippen LogP contribution is -2.01. The summed E-state index contributed by atoms with van der Waals surface area (Å²) in [4.78, 5) is 11.7. The summed E-state index contributed by atoms with van der Waals surface area (Å²) in [7, 11) is 0. The molecule has 0 unspecified atom stereocenters. The zero-order chi connectivity index (χ0) is 11.7. The summed E-state index contributed by atoms with van der Waals surface area (Å²) < 4.78 is 2.49. The molecule has 0 atom stereocenters. The van der Waals surface area contributed by atoms with E-state index in [1.165, 1.54) is 0 Å². The third-order valence-corrected chi connectivity index (χ3v) is 3.07. The van der Waals surface area contributed by atoms with Crippen LogP contribution < -0.4 is 0 Å². The molecule has 84 valence electrons. The van der Waals surface area contributed by atoms with Gasteiger partial charge >= 0.3 is 0 Å². The van der Waals surface area contributed by atoms with Crippen LogP contribution in [0.2, 0.25) is 0 Å². The van der Waals surface area contributed by atoms with Crippen LogP contribution in [-0.4, -0.2) is 29.9 Å². The third kappa shape index (κ3) is 1.93. The van der Waals surface area contributed by atoms with E-state index in [-0.39, 0.29) is 0 Å². The van der Waals surface area contributed by atoms with Crippen LogP contribution in [-0.2, 0) is 0 Å². The number of halogens is 1. The van der Waals surface area contributed by atoms with Gasteiger partial charge in [0, 0.05) is 18.0 Å². The minimum absolute atomic E-state index is 0.738. The fraction of sp³-hybridized carbons (Fsp3) is 0. The predicted molar refractivity (Wildman–Crippen MR) is 69.5 cm³/mol. The molecule has 3 aromatic heterocycles. The van der Waals surface area contributed by atoms with Gasteiger partial charge in [-0.05, 0) is 34.7 Å². The molecule has 1 N–H and O–H groups in total. The molecule has 0 aliphatic rings. The fourth-order valence-electron chi connectivity index (χ4n) is 1.47. The van der Waals surface area contributed by atoms with Crippen molar-refractivity contribution in [1.29, 1.82) is 0 Å². The number of hydrogen-bond donors (Lipinski definition) is 1. The summed E-state index contributed by atoms with van der Waals surface area (Å²) in [6.07, 6.45) is 6.88. The van der Waals surface area contributed by atoms with Crippen LogP contribution in [0.5, 0.6) is 0 Å². The van der Waals surface area contributed by atoms with Crippen molar-refractivity contribution in [2.45, 2.75) is 0 Å². The molecule has 0 spiro atoms. The highest BCUT2D eigenvalue weighted by molar-refractivity contribution is 14.1. The number of nitrogens with zero attached hydrogens (tertiary/aromatic N) is 5. The van der Waals surface area contributed by atoms with E-state index < -0.39 is 0 Å². The summed E-state index contributed by atoms with van der Waals surface area (Å²) in [6.45, 7) is 0. The Balaban J connectivity index is 2.06. The Bertz CT molecular complexity index is 616. The predicted octanol–water partition coefficient (Wildman–Crippen LogP) is 1.66. The van der Waals surface area contributed by atoms with Crippen molar-refractivity contribution in [2.24, 2.45) is 0 Å². The lowest BCUT2D eigenvalue weighted by Gasteiger charge is -2.03. The average molecular weight is 338 g/mol. The summed E-state index contributed by atoms with van der Waals surface area (Å²) in [5.41, 5.74) is 0.972. The molecular formula is C10H7IN6. The molecule has 0 bridgehead atoms. The monoisotopic (exact) mass is 338 g/mol. The van der Waals surface area contributed by atoms with Crippen LogP contribution >= 0.6 is 22.6 Å². The second-order valence-electron chi connectivity index (χ2n) is 3.29. The molecule has 6 nitrogen and oxygen atoms in total. The quantitative estimate of drug-likeness (QED) is 0.570. The minimum atomic E-state index is 0.738. The highest BCUT2D eigenvalue weighted by Crippen LogP contribution is 2.21. The van der Waals surface area contributed by atoms with E-state index in [1.807, 2.05) is 12.1 Å². The maximum absolute atomic E-state index is 4.46. The Labute approximate surface area is 110 Å². The number of pyridine rings is 1. The fourth-order valence-corrected chi connectivity index (χ4v) is 2.15. The first-order valence-corrected chi connectivity index (χ1v) is 5.95. The van der Waals surface area contributed by atoms with E-state index in [1.54, 1.807) is 29.5 Å². The summed E-state index contributed by atoms with van der Waals surface area (Å²) in [5.74, 6) is 1.55. The van der Waals surface area contributed by atoms with Gasteiger partial charge in [-0.3, -0.25) is 0 Å². The Hall–Kier alpha value is -1.77. The lowest BCUT2D eigenvalue weighted by molar-refractivity contribution is 0.779. The van der Waals surface area contributed by atoms with Crippen LogP contribution in [0.1, 0.15) is 0 Å². The maximum Gasteiger partial charge on any atom is 0.156 e. The zero-order valence-corrected chi connectivity index (χ0v) is 10.7. The van der Waals surface area contributed by atoms with E-state index in [9.17, 15) is 0 Å². The largest absolute Gasteiger partial charge is 0.345 e. The van der Waals surface area contributed by atoms with Crippen LogP contribution in [0, 0.1) is 3.70 Å². The number of hydrogen-bond acceptors (Lipinski definition) is 4. The first-order chi connectivity index (χ1) is 8.34. The van der Waals surface area contributed by atoms with Gasteiger partial charge in [0.2, 0.25) is 0 Å². The number of rotatable bonds is 2. The van der Waals surface area contributed by atoms with Crippen molar-refractivity contribution in [3.63, 3.8) is 0 Å². The zero-order valence-electron chi connectivity index (χ0n) is 8.58. The van der Waals surface area contributed by atoms with E-state index in [4.69, 9.17) is 0 Å². The van der Waals surface area contributed by atoms with Gasteiger partial charge in [-0.2, -0.15) is 0 Å². The highest BCUT2D eigenvalue weighted by Gasteiger charge is 2.08. The molecule has 7 heteroatoms. The van der Waals surface area contributed by atoms with Crippen molar-refractivity contribution in [2.75, 3.05) is 0 Å². The number of H-pyrrole nitrogens is 1. The standard InChI is InChI=1S/C10H7IN6/c11-9-7(10-12-3-4-13-10)1-2-8(15-9)17-6-5-14-16-17/h1-6H,(H,12,13). The Kier molecular flexibility index (Phi) is 2.59. The minimum Gasteiger partial charge on any atom is -0.345 e. The smallest absolute Gasteiger partial charge is 0.156 e. The molecule has 0 saturated heterocycles. The van der Waals surface area contributed by atoms with Crippen molar-refractivity contribution < 1.29 is 0 Å². The Morgan fingerprint density at radius 1 is 1.24 bits per heavy atom. The first kappa shape index (κ1) is 10.4. The van der Waals surface area contributed by atoms with E-state index in [0.717, 1.165) is 20.9 Å². The molecule has 0 saturated carbocycles. The number of aromatic amines is 1. The molecule has 0 aliphatic carbocycles. The van der Waals surface area contributed by atoms with Gasteiger partial charge in [-0.25, -0.2) is 14.6 Å². The van der Waals surface area contributed by atoms with Crippen LogP contribution in [0.15, 0.2) is 36.9 Å². The Morgan fingerprint density at radius 2 is 2.18 bits per heavy atom. The summed E-state index contributed by atoms with van der Waals surface area (Å²) in [6, 6.07) is 3.85. The molecule has 3 heterocycles. The van der Waals surface area contributed by atoms with Crippen LogP contribution in [0.3, 0.4) is 0 Å². The first-order valence-electron chi connectivity index (χ1n) is 4.87. The van der Waals surface area contributed by atoms with Crippen LogP contribution in [0.25, 0.3) is 17.2 Å². The second kappa shape index (κ2) is 4.24. The molecule has 0 aliphatic heterocycles. The maximum atomic E-state index is 4.46. The molecule has 0 amide bonds. The molecule has 3 aromatic rings. The van der Waals surface area contributed by atoms with Crippen LogP contribution in [0.4, 0.5) is 0 Å². The highest BCUT2D eigenvalue weighted by atomic mass is 127. The van der Waals surface area contributed by atoms with Crippen molar-refractivity contribution in [1.82, 2.24) is 29.9 Å². The van der Waals surface area contributed by atoms with Crippen molar-refractivity contribution in [3.05, 3.63) is 40.6 Å². The van der Waals surface area contributed by atoms with Gasteiger partial charge in [-0.1, -0.05) is 5.21 Å². The van der Waals surface area contributed by atoms with Gasteiger partial charge in [0.1, 0.15) is 9.53 Å². The summed E-state index contributed by atoms with van der Waals surface area (Å²) >= 11 is 2.18. The Morgan fingerprint density at radius 3 is 2.82 bits per heavy atom. The number of imidazole rings is 1. The van der Waals surface area contributed by atoms with Gasteiger partial charge in [-0.15, -0.1) is 5.10 Å². The van der Waals surface area contributed by atoms with Gasteiger partial charge in [0.25, 0.3) is 0 Å². The molecular weight excluding hydrogens is 331 g/mol. The van der Waals surface area contributed by atoms with Crippen molar-refractivity contribution in [3.8, 4) is 17.2 Å². The average Bonchev–Trinajstić information content (AvgIpc) is 3.02. The normalized spacial score (nSPS) is 10.6. The molecule has 0 radical (unpaired) electrons. The van der Waals surface area contributed by atoms with Gasteiger partial charge in [0.05, 0.1) is 12.4 Å². The molecule has 0 fully saturated rings. The third-order valence-electron chi connectivity index (χ3n) is 2.24. The molecule has 3 rings (SSSR count). The SMILES string of the molecule is Ic1nc(-n2ccnn2)ccc1-c1ncc[nH]1.